The lowest BCUT2D eigenvalue weighted by molar-refractivity contribution is 0.275. The van der Waals surface area contributed by atoms with E-state index in [9.17, 15) is 8.42 Å². The van der Waals surface area contributed by atoms with Crippen molar-refractivity contribution in [2.75, 3.05) is 27.7 Å². The maximum Gasteiger partial charge on any atom is 0.279 e. The number of nitrogens with one attached hydrogen (secondary N) is 1. The van der Waals surface area contributed by atoms with E-state index >= 15 is 0 Å². The van der Waals surface area contributed by atoms with Gasteiger partial charge in [-0.05, 0) is 38.4 Å². The topological polar surface area (TPSA) is 52.7 Å². The minimum atomic E-state index is -3.42. The summed E-state index contributed by atoms with van der Waals surface area (Å²) in [6, 6.07) is 4.26. The SMILES string of the molecule is CN(C)C(CNS(=O)(=O)N(C)C1CCCCC1)c1cccs1. The summed E-state index contributed by atoms with van der Waals surface area (Å²) in [6.07, 6.45) is 5.41. The molecule has 0 amide bonds. The fourth-order valence-corrected chi connectivity index (χ4v) is 5.04. The van der Waals surface area contributed by atoms with Gasteiger partial charge in [0, 0.05) is 24.5 Å². The van der Waals surface area contributed by atoms with E-state index in [2.05, 4.69) is 15.7 Å². The van der Waals surface area contributed by atoms with Crippen LogP contribution in [-0.4, -0.2) is 51.4 Å². The van der Waals surface area contributed by atoms with E-state index in [1.807, 2.05) is 25.5 Å². The van der Waals surface area contributed by atoms with E-state index in [0.29, 0.717) is 6.54 Å². The fraction of sp³-hybridized carbons (Fsp3) is 0.733. The van der Waals surface area contributed by atoms with E-state index in [-0.39, 0.29) is 12.1 Å². The van der Waals surface area contributed by atoms with Gasteiger partial charge in [-0.2, -0.15) is 12.7 Å². The van der Waals surface area contributed by atoms with Gasteiger partial charge in [-0.15, -0.1) is 11.3 Å². The van der Waals surface area contributed by atoms with Gasteiger partial charge in [0.15, 0.2) is 0 Å². The number of likely N-dealkylation sites (N-methyl/N-ethyl adjacent to an activating group) is 1. The van der Waals surface area contributed by atoms with Crippen molar-refractivity contribution in [2.24, 2.45) is 0 Å². The molecule has 126 valence electrons. The van der Waals surface area contributed by atoms with Crippen LogP contribution >= 0.6 is 11.3 Å². The molecular formula is C15H27N3O2S2. The quantitative estimate of drug-likeness (QED) is 0.826. The Morgan fingerprint density at radius 3 is 2.50 bits per heavy atom. The van der Waals surface area contributed by atoms with Crippen LogP contribution in [0.2, 0.25) is 0 Å². The lowest BCUT2D eigenvalue weighted by Gasteiger charge is -2.31. The summed E-state index contributed by atoms with van der Waals surface area (Å²) in [5.74, 6) is 0. The molecule has 1 aromatic heterocycles. The lowest BCUT2D eigenvalue weighted by atomic mass is 9.96. The average Bonchev–Trinajstić information content (AvgIpc) is 3.01. The second-order valence-corrected chi connectivity index (χ2v) is 8.95. The summed E-state index contributed by atoms with van der Waals surface area (Å²) in [7, 11) is 2.24. The van der Waals surface area contributed by atoms with Gasteiger partial charge in [0.2, 0.25) is 0 Å². The Bertz CT molecular complexity index is 537. The van der Waals surface area contributed by atoms with Crippen molar-refractivity contribution in [3.8, 4) is 0 Å². The van der Waals surface area contributed by atoms with E-state index < -0.39 is 10.2 Å². The Hall–Kier alpha value is -0.470. The molecule has 0 bridgehead atoms. The summed E-state index contributed by atoms with van der Waals surface area (Å²) in [6.45, 7) is 0.396. The van der Waals surface area contributed by atoms with Crippen LogP contribution in [0.1, 0.15) is 43.0 Å². The van der Waals surface area contributed by atoms with E-state index in [1.165, 1.54) is 15.6 Å². The van der Waals surface area contributed by atoms with E-state index in [0.717, 1.165) is 25.7 Å². The van der Waals surface area contributed by atoms with Crippen LogP contribution in [0, 0.1) is 0 Å². The number of thiophene rings is 1. The van der Waals surface area contributed by atoms with Crippen LogP contribution in [0.25, 0.3) is 0 Å². The van der Waals surface area contributed by atoms with Gasteiger partial charge >= 0.3 is 0 Å². The minimum absolute atomic E-state index is 0.0644. The van der Waals surface area contributed by atoms with Gasteiger partial charge in [-0.25, -0.2) is 4.72 Å². The zero-order valence-electron chi connectivity index (χ0n) is 13.7. The van der Waals surface area contributed by atoms with E-state index in [1.54, 1.807) is 18.4 Å². The van der Waals surface area contributed by atoms with Crippen molar-refractivity contribution in [1.82, 2.24) is 13.9 Å². The predicted molar refractivity (Wildman–Crippen MR) is 92.3 cm³/mol. The van der Waals surface area contributed by atoms with Crippen LogP contribution in [0.15, 0.2) is 17.5 Å². The first-order chi connectivity index (χ1) is 10.4. The van der Waals surface area contributed by atoms with Gasteiger partial charge in [-0.3, -0.25) is 0 Å². The largest absolute Gasteiger partial charge is 0.300 e. The van der Waals surface area contributed by atoms with Gasteiger partial charge in [0.05, 0.1) is 6.04 Å². The third-order valence-electron chi connectivity index (χ3n) is 4.42. The summed E-state index contributed by atoms with van der Waals surface area (Å²) in [5.41, 5.74) is 0. The highest BCUT2D eigenvalue weighted by atomic mass is 32.2. The van der Waals surface area contributed by atoms with Gasteiger partial charge in [0.25, 0.3) is 10.2 Å². The second kappa shape index (κ2) is 7.88. The standard InChI is InChI=1S/C15H27N3O2S2/c1-17(2)14(15-10-7-11-21-15)12-16-22(19,20)18(3)13-8-5-4-6-9-13/h7,10-11,13-14,16H,4-6,8-9,12H2,1-3H3. The molecule has 0 saturated heterocycles. The Morgan fingerprint density at radius 2 is 1.95 bits per heavy atom. The van der Waals surface area contributed by atoms with Crippen molar-refractivity contribution in [1.29, 1.82) is 0 Å². The maximum absolute atomic E-state index is 12.5. The summed E-state index contributed by atoms with van der Waals surface area (Å²) in [4.78, 5) is 3.22. The summed E-state index contributed by atoms with van der Waals surface area (Å²) in [5, 5.41) is 2.02. The third-order valence-corrected chi connectivity index (χ3v) is 6.98. The lowest BCUT2D eigenvalue weighted by Crippen LogP contribution is -2.46. The summed E-state index contributed by atoms with van der Waals surface area (Å²) < 4.78 is 29.4. The van der Waals surface area contributed by atoms with Gasteiger partial charge in [0.1, 0.15) is 0 Å². The first-order valence-electron chi connectivity index (χ1n) is 7.84. The fourth-order valence-electron chi connectivity index (χ4n) is 2.95. The molecule has 0 aromatic carbocycles. The molecular weight excluding hydrogens is 318 g/mol. The zero-order chi connectivity index (χ0) is 16.2. The molecule has 1 N–H and O–H groups in total. The van der Waals surface area contributed by atoms with Gasteiger partial charge in [-0.1, -0.05) is 25.3 Å². The van der Waals surface area contributed by atoms with Crippen LogP contribution in [-0.2, 0) is 10.2 Å². The molecule has 1 atom stereocenters. The Labute approximate surface area is 138 Å². The smallest absolute Gasteiger partial charge is 0.279 e. The van der Waals surface area contributed by atoms with Crippen molar-refractivity contribution in [3.05, 3.63) is 22.4 Å². The Morgan fingerprint density at radius 1 is 1.27 bits per heavy atom. The molecule has 0 aliphatic heterocycles. The average molecular weight is 346 g/mol. The normalized spacial score (nSPS) is 19.0. The summed E-state index contributed by atoms with van der Waals surface area (Å²) >= 11 is 1.66. The molecule has 2 rings (SSSR count). The second-order valence-electron chi connectivity index (χ2n) is 6.16. The maximum atomic E-state index is 12.5. The molecule has 0 spiro atoms. The molecule has 22 heavy (non-hydrogen) atoms. The van der Waals surface area contributed by atoms with Crippen molar-refractivity contribution in [3.63, 3.8) is 0 Å². The van der Waals surface area contributed by atoms with Crippen LogP contribution in [0.3, 0.4) is 0 Å². The monoisotopic (exact) mass is 345 g/mol. The molecule has 1 saturated carbocycles. The highest BCUT2D eigenvalue weighted by Crippen LogP contribution is 2.25. The minimum Gasteiger partial charge on any atom is -0.300 e. The Kier molecular flexibility index (Phi) is 6.40. The molecule has 1 heterocycles. The number of nitrogens with zero attached hydrogens (tertiary/aromatic N) is 2. The number of hydrogen-bond acceptors (Lipinski definition) is 4. The van der Waals surface area contributed by atoms with Crippen molar-refractivity contribution < 1.29 is 8.42 Å². The molecule has 1 aliphatic carbocycles. The molecule has 0 radical (unpaired) electrons. The number of hydrogen-bond donors (Lipinski definition) is 1. The first-order valence-corrected chi connectivity index (χ1v) is 10.2. The van der Waals surface area contributed by atoms with Crippen molar-refractivity contribution >= 4 is 21.5 Å². The molecule has 1 aromatic rings. The molecule has 1 aliphatic rings. The zero-order valence-corrected chi connectivity index (χ0v) is 15.3. The molecule has 5 nitrogen and oxygen atoms in total. The predicted octanol–water partition coefficient (Wildman–Crippen LogP) is 2.45. The van der Waals surface area contributed by atoms with Crippen LogP contribution in [0.5, 0.6) is 0 Å². The molecule has 1 fully saturated rings. The van der Waals surface area contributed by atoms with Crippen LogP contribution < -0.4 is 4.72 Å². The third kappa shape index (κ3) is 4.52. The van der Waals surface area contributed by atoms with E-state index in [4.69, 9.17) is 0 Å². The molecule has 7 heteroatoms. The van der Waals surface area contributed by atoms with Crippen molar-refractivity contribution in [2.45, 2.75) is 44.2 Å². The first kappa shape index (κ1) is 17.9. The molecule has 1 unspecified atom stereocenters. The van der Waals surface area contributed by atoms with Crippen LogP contribution in [0.4, 0.5) is 0 Å². The Balaban J connectivity index is 1.98. The number of rotatable bonds is 7. The highest BCUT2D eigenvalue weighted by Gasteiger charge is 2.28. The highest BCUT2D eigenvalue weighted by molar-refractivity contribution is 7.87. The van der Waals surface area contributed by atoms with Gasteiger partial charge < -0.3 is 4.90 Å².